The van der Waals surface area contributed by atoms with Crippen LogP contribution in [-0.2, 0) is 5.75 Å². The number of hydrogen-bond acceptors (Lipinski definition) is 4. The molecule has 0 spiro atoms. The van der Waals surface area contributed by atoms with E-state index in [2.05, 4.69) is 5.32 Å². The highest BCUT2D eigenvalue weighted by Gasteiger charge is 2.20. The summed E-state index contributed by atoms with van der Waals surface area (Å²) in [7, 11) is 0. The average Bonchev–Trinajstić information content (AvgIpc) is 2.89. The van der Waals surface area contributed by atoms with Crippen molar-refractivity contribution in [3.05, 3.63) is 23.7 Å². The molecule has 7 heteroatoms. The topological polar surface area (TPSA) is 62.5 Å². The van der Waals surface area contributed by atoms with E-state index in [0.717, 1.165) is 6.42 Å². The zero-order valence-electron chi connectivity index (χ0n) is 12.2. The van der Waals surface area contributed by atoms with E-state index in [-0.39, 0.29) is 29.4 Å². The molecule has 1 amide bonds. The van der Waals surface area contributed by atoms with Crippen LogP contribution < -0.4 is 5.32 Å². The zero-order chi connectivity index (χ0) is 15.9. The van der Waals surface area contributed by atoms with Gasteiger partial charge in [-0.2, -0.15) is 8.78 Å². The molecule has 0 aliphatic heterocycles. The largest absolute Gasteiger partial charge is 0.455 e. The lowest BCUT2D eigenvalue weighted by Gasteiger charge is -2.24. The van der Waals surface area contributed by atoms with E-state index in [0.29, 0.717) is 30.5 Å². The van der Waals surface area contributed by atoms with Gasteiger partial charge in [0.2, 0.25) is 0 Å². The van der Waals surface area contributed by atoms with Crippen molar-refractivity contribution in [2.45, 2.75) is 38.2 Å². The molecule has 120 valence electrons. The third-order valence-electron chi connectivity index (χ3n) is 2.98. The molecule has 0 aliphatic rings. The fourth-order valence-corrected chi connectivity index (χ4v) is 2.22. The van der Waals surface area contributed by atoms with E-state index in [4.69, 9.17) is 9.52 Å². The lowest BCUT2D eigenvalue weighted by Crippen LogP contribution is -2.34. The van der Waals surface area contributed by atoms with Crippen molar-refractivity contribution in [2.75, 3.05) is 13.2 Å². The Morgan fingerprint density at radius 3 is 2.81 bits per heavy atom. The molecule has 1 aromatic heterocycles. The zero-order valence-corrected chi connectivity index (χ0v) is 13.0. The van der Waals surface area contributed by atoms with Gasteiger partial charge in [-0.05, 0) is 30.4 Å². The monoisotopic (exact) mass is 321 g/mol. The van der Waals surface area contributed by atoms with Gasteiger partial charge in [-0.1, -0.05) is 25.6 Å². The summed E-state index contributed by atoms with van der Waals surface area (Å²) < 4.78 is 29.4. The summed E-state index contributed by atoms with van der Waals surface area (Å²) in [4.78, 5) is 11.9. The minimum atomic E-state index is -2.46. The maximum absolute atomic E-state index is 12.1. The van der Waals surface area contributed by atoms with Gasteiger partial charge < -0.3 is 14.8 Å². The summed E-state index contributed by atoms with van der Waals surface area (Å²) in [5.41, 5.74) is -0.126. The van der Waals surface area contributed by atoms with Gasteiger partial charge >= 0.3 is 0 Å². The highest BCUT2D eigenvalue weighted by Crippen LogP contribution is 2.22. The molecular weight excluding hydrogens is 300 g/mol. The number of halogens is 2. The van der Waals surface area contributed by atoms with Gasteiger partial charge in [0.1, 0.15) is 5.76 Å². The molecular formula is C14H21F2NO3S. The van der Waals surface area contributed by atoms with Crippen LogP contribution in [-0.4, -0.2) is 29.9 Å². The van der Waals surface area contributed by atoms with Crippen molar-refractivity contribution in [3.63, 3.8) is 0 Å². The van der Waals surface area contributed by atoms with Crippen molar-refractivity contribution in [1.29, 1.82) is 0 Å². The molecule has 0 atom stereocenters. The van der Waals surface area contributed by atoms with Gasteiger partial charge in [0.15, 0.2) is 5.76 Å². The SMILES string of the molecule is CC(C)(CCCO)CNC(=O)c1ccc(CSC(F)F)o1. The van der Waals surface area contributed by atoms with E-state index >= 15 is 0 Å². The van der Waals surface area contributed by atoms with E-state index in [1.165, 1.54) is 12.1 Å². The molecule has 21 heavy (non-hydrogen) atoms. The molecule has 1 rings (SSSR count). The highest BCUT2D eigenvalue weighted by molar-refractivity contribution is 7.98. The molecule has 0 saturated carbocycles. The quantitative estimate of drug-likeness (QED) is 0.733. The maximum Gasteiger partial charge on any atom is 0.287 e. The van der Waals surface area contributed by atoms with Crippen LogP contribution in [0.1, 0.15) is 43.0 Å². The first-order valence-electron chi connectivity index (χ1n) is 6.71. The number of rotatable bonds is 9. The lowest BCUT2D eigenvalue weighted by molar-refractivity contribution is 0.0903. The number of thioether (sulfide) groups is 1. The van der Waals surface area contributed by atoms with Gasteiger partial charge in [0.25, 0.3) is 11.7 Å². The molecule has 1 heterocycles. The average molecular weight is 321 g/mol. The van der Waals surface area contributed by atoms with Crippen molar-refractivity contribution in [2.24, 2.45) is 5.41 Å². The minimum Gasteiger partial charge on any atom is -0.455 e. The van der Waals surface area contributed by atoms with Crippen LogP contribution in [0, 0.1) is 5.41 Å². The molecule has 0 aliphatic carbocycles. The van der Waals surface area contributed by atoms with Gasteiger partial charge in [-0.3, -0.25) is 4.79 Å². The summed E-state index contributed by atoms with van der Waals surface area (Å²) >= 11 is 0.454. The normalized spacial score (nSPS) is 11.9. The Kier molecular flexibility index (Phi) is 7.17. The van der Waals surface area contributed by atoms with E-state index in [9.17, 15) is 13.6 Å². The number of furan rings is 1. The minimum absolute atomic E-state index is 0.0347. The first kappa shape index (κ1) is 18.0. The van der Waals surface area contributed by atoms with Gasteiger partial charge in [-0.15, -0.1) is 0 Å². The summed E-state index contributed by atoms with van der Waals surface area (Å²) in [6.45, 7) is 4.57. The molecule has 0 saturated heterocycles. The van der Waals surface area contributed by atoms with Gasteiger partial charge in [0.05, 0.1) is 5.75 Å². The number of aliphatic hydroxyl groups is 1. The molecule has 4 nitrogen and oxygen atoms in total. The number of carbonyl (C=O) groups is 1. The Morgan fingerprint density at radius 1 is 1.48 bits per heavy atom. The third kappa shape index (κ3) is 6.95. The smallest absolute Gasteiger partial charge is 0.287 e. The Hall–Kier alpha value is -1.08. The number of alkyl halides is 2. The second kappa shape index (κ2) is 8.38. The molecule has 0 fully saturated rings. The van der Waals surface area contributed by atoms with E-state index in [1.807, 2.05) is 13.8 Å². The maximum atomic E-state index is 12.1. The highest BCUT2D eigenvalue weighted by atomic mass is 32.2. The van der Waals surface area contributed by atoms with E-state index in [1.54, 1.807) is 0 Å². The predicted octanol–water partition coefficient (Wildman–Crippen LogP) is 3.26. The molecule has 1 aromatic rings. The van der Waals surface area contributed by atoms with Crippen molar-refractivity contribution < 1.29 is 23.1 Å². The van der Waals surface area contributed by atoms with Crippen LogP contribution in [0.5, 0.6) is 0 Å². The summed E-state index contributed by atoms with van der Waals surface area (Å²) in [6.07, 6.45) is 1.47. The van der Waals surface area contributed by atoms with Crippen molar-refractivity contribution in [3.8, 4) is 0 Å². The Balaban J connectivity index is 2.45. The fourth-order valence-electron chi connectivity index (χ4n) is 1.78. The predicted molar refractivity (Wildman–Crippen MR) is 78.4 cm³/mol. The van der Waals surface area contributed by atoms with Crippen LogP contribution in [0.25, 0.3) is 0 Å². The fraction of sp³-hybridized carbons (Fsp3) is 0.643. The van der Waals surface area contributed by atoms with Crippen LogP contribution >= 0.6 is 11.8 Å². The van der Waals surface area contributed by atoms with Gasteiger partial charge in [0, 0.05) is 13.2 Å². The second-order valence-corrected chi connectivity index (χ2v) is 6.49. The van der Waals surface area contributed by atoms with Crippen LogP contribution in [0.15, 0.2) is 16.5 Å². The molecule has 0 unspecified atom stereocenters. The van der Waals surface area contributed by atoms with Crippen molar-refractivity contribution >= 4 is 17.7 Å². The van der Waals surface area contributed by atoms with Crippen LogP contribution in [0.3, 0.4) is 0 Å². The summed E-state index contributed by atoms with van der Waals surface area (Å²) in [5, 5.41) is 11.6. The first-order valence-corrected chi connectivity index (χ1v) is 7.76. The number of aliphatic hydroxyl groups excluding tert-OH is 1. The number of amides is 1. The first-order chi connectivity index (χ1) is 9.84. The summed E-state index contributed by atoms with van der Waals surface area (Å²) in [6, 6.07) is 3.01. The van der Waals surface area contributed by atoms with Crippen LogP contribution in [0.2, 0.25) is 0 Å². The lowest BCUT2D eigenvalue weighted by atomic mass is 9.88. The second-order valence-electron chi connectivity index (χ2n) is 5.51. The Morgan fingerprint density at radius 2 is 2.19 bits per heavy atom. The molecule has 0 radical (unpaired) electrons. The number of carbonyl (C=O) groups excluding carboxylic acids is 1. The summed E-state index contributed by atoms with van der Waals surface area (Å²) in [5.74, 6) is -2.31. The Labute approximate surface area is 127 Å². The molecule has 2 N–H and O–H groups in total. The van der Waals surface area contributed by atoms with Crippen molar-refractivity contribution in [1.82, 2.24) is 5.32 Å². The molecule has 0 bridgehead atoms. The third-order valence-corrected chi connectivity index (χ3v) is 3.68. The number of hydrogen-bond donors (Lipinski definition) is 2. The van der Waals surface area contributed by atoms with Gasteiger partial charge in [-0.25, -0.2) is 0 Å². The number of nitrogens with one attached hydrogen (secondary N) is 1. The Bertz CT molecular complexity index is 449. The molecule has 0 aromatic carbocycles. The van der Waals surface area contributed by atoms with E-state index < -0.39 is 5.76 Å². The van der Waals surface area contributed by atoms with Crippen LogP contribution in [0.4, 0.5) is 8.78 Å². The standard InChI is InChI=1S/C14H21F2NO3S/c1-14(2,6-3-7-18)9-17-12(19)11-5-4-10(20-11)8-21-13(15)16/h4-5,13,18H,3,6-9H2,1-2H3,(H,17,19).